The van der Waals surface area contributed by atoms with Crippen LogP contribution in [0.15, 0.2) is 169 Å². The lowest BCUT2D eigenvalue weighted by molar-refractivity contribution is 0.658. The molecule has 6 nitrogen and oxygen atoms in total. The van der Waals surface area contributed by atoms with Crippen molar-refractivity contribution in [1.29, 1.82) is 0 Å². The summed E-state index contributed by atoms with van der Waals surface area (Å²) in [6.07, 6.45) is 10.1. The largest absolute Gasteiger partial charge is 0.436 e. The molecule has 0 atom stereocenters. The molecule has 0 aliphatic heterocycles. The number of aromatic nitrogens is 5. The van der Waals surface area contributed by atoms with Crippen LogP contribution < -0.4 is 0 Å². The molecular formula is C44H31N5O. The van der Waals surface area contributed by atoms with Crippen molar-refractivity contribution in [2.75, 3.05) is 0 Å². The van der Waals surface area contributed by atoms with E-state index in [-0.39, 0.29) is 0 Å². The second-order valence-corrected chi connectivity index (χ2v) is 12.2. The molecule has 0 aliphatic rings. The molecule has 0 aliphatic carbocycles. The number of fused-ring (bicyclic) bond motifs is 7. The van der Waals surface area contributed by atoms with Gasteiger partial charge in [-0.3, -0.25) is 8.97 Å². The van der Waals surface area contributed by atoms with E-state index in [1.54, 1.807) is 0 Å². The van der Waals surface area contributed by atoms with E-state index in [2.05, 4.69) is 113 Å². The highest BCUT2D eigenvalue weighted by atomic mass is 16.3. The molecule has 5 aromatic carbocycles. The Morgan fingerprint density at radius 3 is 2.14 bits per heavy atom. The standard InChI is InChI=1S/C44H31N5O/c1-3-5-15-29(4-2)31-18-13-20-33(26-31)41-45-42(34-21-14-19-32(27-34)30-16-7-6-8-17-30)47-44(46-41)49-37-23-10-9-22-35(37)36-28-48-38-24-11-12-25-39(38)50-43(48)40(36)49/h3-28H,2H2,1H3/b5-3-,29-15+. The summed E-state index contributed by atoms with van der Waals surface area (Å²) in [5, 5.41) is 2.15. The van der Waals surface area contributed by atoms with Crippen molar-refractivity contribution in [3.8, 4) is 39.9 Å². The molecule has 0 spiro atoms. The average Bonchev–Trinajstić information content (AvgIpc) is 3.83. The van der Waals surface area contributed by atoms with Gasteiger partial charge in [0.2, 0.25) is 11.7 Å². The van der Waals surface area contributed by atoms with Gasteiger partial charge in [-0.15, -0.1) is 0 Å². The van der Waals surface area contributed by atoms with Gasteiger partial charge in [0.25, 0.3) is 0 Å². The molecule has 0 saturated heterocycles. The van der Waals surface area contributed by atoms with E-state index in [1.807, 2.05) is 67.6 Å². The molecule has 0 unspecified atom stereocenters. The summed E-state index contributed by atoms with van der Waals surface area (Å²) in [6.45, 7) is 6.06. The lowest BCUT2D eigenvalue weighted by atomic mass is 10.0. The first-order valence-electron chi connectivity index (χ1n) is 16.6. The normalized spacial score (nSPS) is 12.2. The van der Waals surface area contributed by atoms with Gasteiger partial charge in [-0.05, 0) is 59.5 Å². The fourth-order valence-corrected chi connectivity index (χ4v) is 6.75. The van der Waals surface area contributed by atoms with Gasteiger partial charge in [-0.25, -0.2) is 4.98 Å². The van der Waals surface area contributed by atoms with Crippen molar-refractivity contribution in [1.82, 2.24) is 23.9 Å². The van der Waals surface area contributed by atoms with Crippen molar-refractivity contribution < 1.29 is 4.42 Å². The molecule has 50 heavy (non-hydrogen) atoms. The van der Waals surface area contributed by atoms with E-state index < -0.39 is 0 Å². The second-order valence-electron chi connectivity index (χ2n) is 12.2. The number of oxazole rings is 1. The summed E-state index contributed by atoms with van der Waals surface area (Å²) in [5.74, 6) is 1.65. The highest BCUT2D eigenvalue weighted by Gasteiger charge is 2.23. The molecule has 0 N–H and O–H groups in total. The van der Waals surface area contributed by atoms with E-state index >= 15 is 0 Å². The Labute approximate surface area is 288 Å². The van der Waals surface area contributed by atoms with Crippen LogP contribution in [0.4, 0.5) is 0 Å². The van der Waals surface area contributed by atoms with E-state index in [0.717, 1.165) is 72.0 Å². The summed E-state index contributed by atoms with van der Waals surface area (Å²) in [4.78, 5) is 15.6. The molecule has 238 valence electrons. The molecule has 9 aromatic rings. The molecule has 0 bridgehead atoms. The minimum atomic E-state index is 0.508. The number of nitrogens with zero attached hydrogens (tertiary/aromatic N) is 5. The lowest BCUT2D eigenvalue weighted by Crippen LogP contribution is -2.06. The molecule has 6 heteroatoms. The number of para-hydroxylation sites is 3. The van der Waals surface area contributed by atoms with E-state index in [1.165, 1.54) is 0 Å². The van der Waals surface area contributed by atoms with Gasteiger partial charge in [-0.2, -0.15) is 9.97 Å². The van der Waals surface area contributed by atoms with Crippen LogP contribution >= 0.6 is 0 Å². The smallest absolute Gasteiger partial charge is 0.238 e. The maximum Gasteiger partial charge on any atom is 0.238 e. The lowest BCUT2D eigenvalue weighted by Gasteiger charge is -2.12. The van der Waals surface area contributed by atoms with E-state index in [9.17, 15) is 0 Å². The number of hydrogen-bond donors (Lipinski definition) is 0. The zero-order valence-corrected chi connectivity index (χ0v) is 27.4. The maximum absolute atomic E-state index is 6.53. The number of benzene rings is 5. The fourth-order valence-electron chi connectivity index (χ4n) is 6.75. The van der Waals surface area contributed by atoms with Gasteiger partial charge in [0.15, 0.2) is 17.2 Å². The molecule has 0 radical (unpaired) electrons. The molecule has 4 aromatic heterocycles. The maximum atomic E-state index is 6.53. The minimum Gasteiger partial charge on any atom is -0.436 e. The molecular weight excluding hydrogens is 615 g/mol. The van der Waals surface area contributed by atoms with E-state index in [4.69, 9.17) is 19.4 Å². The van der Waals surface area contributed by atoms with Crippen LogP contribution in [0, 0.1) is 0 Å². The minimum absolute atomic E-state index is 0.508. The van der Waals surface area contributed by atoms with E-state index in [0.29, 0.717) is 17.6 Å². The predicted octanol–water partition coefficient (Wildman–Crippen LogP) is 11.1. The summed E-state index contributed by atoms with van der Waals surface area (Å²) in [6, 6.07) is 43.4. The van der Waals surface area contributed by atoms with Crippen LogP contribution in [0.1, 0.15) is 12.5 Å². The number of hydrogen-bond acceptors (Lipinski definition) is 4. The third-order valence-corrected chi connectivity index (χ3v) is 9.12. The van der Waals surface area contributed by atoms with Gasteiger partial charge < -0.3 is 4.42 Å². The SMILES string of the molecule is C=C/C(=C\C=C/C)c1cccc(-c2nc(-c3cccc(-c4ccccc4)c3)nc(-n3c4ccccc4c4cn5c6ccccc6oc5c43)n2)c1. The quantitative estimate of drug-likeness (QED) is 0.162. The van der Waals surface area contributed by atoms with Crippen molar-refractivity contribution in [2.24, 2.45) is 0 Å². The topological polar surface area (TPSA) is 61.2 Å². The molecule has 0 saturated carbocycles. The Kier molecular flexibility index (Phi) is 7.06. The van der Waals surface area contributed by atoms with Crippen molar-refractivity contribution in [3.05, 3.63) is 170 Å². The summed E-state index contributed by atoms with van der Waals surface area (Å²) < 4.78 is 10.8. The highest BCUT2D eigenvalue weighted by Crippen LogP contribution is 2.38. The predicted molar refractivity (Wildman–Crippen MR) is 204 cm³/mol. The van der Waals surface area contributed by atoms with Crippen LogP contribution in [-0.2, 0) is 0 Å². The van der Waals surface area contributed by atoms with Gasteiger partial charge in [-0.1, -0.05) is 128 Å². The summed E-state index contributed by atoms with van der Waals surface area (Å²) in [5.41, 5.74) is 10.5. The molecule has 9 rings (SSSR count). The van der Waals surface area contributed by atoms with Crippen LogP contribution in [0.5, 0.6) is 0 Å². The van der Waals surface area contributed by atoms with Gasteiger partial charge in [0.05, 0.1) is 11.0 Å². The third kappa shape index (κ3) is 4.85. The Hall–Kier alpha value is -6.79. The van der Waals surface area contributed by atoms with Crippen LogP contribution in [0.25, 0.3) is 84.0 Å². The Balaban J connectivity index is 1.33. The molecule has 0 fully saturated rings. The summed E-state index contributed by atoms with van der Waals surface area (Å²) >= 11 is 0. The first-order chi connectivity index (χ1) is 24.7. The number of allylic oxidation sites excluding steroid dienone is 5. The van der Waals surface area contributed by atoms with Crippen LogP contribution in [0.2, 0.25) is 0 Å². The zero-order chi connectivity index (χ0) is 33.6. The monoisotopic (exact) mass is 645 g/mol. The highest BCUT2D eigenvalue weighted by molar-refractivity contribution is 6.14. The average molecular weight is 646 g/mol. The second kappa shape index (κ2) is 12.0. The fraction of sp³-hybridized carbons (Fsp3) is 0.0227. The van der Waals surface area contributed by atoms with Crippen LogP contribution in [0.3, 0.4) is 0 Å². The van der Waals surface area contributed by atoms with Gasteiger partial charge in [0.1, 0.15) is 5.52 Å². The zero-order valence-electron chi connectivity index (χ0n) is 27.4. The molecule has 0 amide bonds. The third-order valence-electron chi connectivity index (χ3n) is 9.12. The summed E-state index contributed by atoms with van der Waals surface area (Å²) in [7, 11) is 0. The number of rotatable bonds is 7. The Morgan fingerprint density at radius 1 is 0.660 bits per heavy atom. The first-order valence-corrected chi connectivity index (χ1v) is 16.6. The molecule has 4 heterocycles. The van der Waals surface area contributed by atoms with Crippen molar-refractivity contribution in [3.63, 3.8) is 0 Å². The Morgan fingerprint density at radius 2 is 1.34 bits per heavy atom. The van der Waals surface area contributed by atoms with Gasteiger partial charge in [0, 0.05) is 28.1 Å². The first kappa shape index (κ1) is 29.4. The van der Waals surface area contributed by atoms with Gasteiger partial charge >= 0.3 is 0 Å². The van der Waals surface area contributed by atoms with Crippen molar-refractivity contribution >= 4 is 44.2 Å². The Bertz CT molecular complexity index is 2800. The van der Waals surface area contributed by atoms with Crippen LogP contribution in [-0.4, -0.2) is 23.9 Å². The van der Waals surface area contributed by atoms with Crippen molar-refractivity contribution in [2.45, 2.75) is 6.92 Å².